The molecule has 0 aromatic carbocycles. The van der Waals surface area contributed by atoms with Crippen LogP contribution >= 0.6 is 15.9 Å². The van der Waals surface area contributed by atoms with Crippen molar-refractivity contribution >= 4 is 21.9 Å². The zero-order valence-electron chi connectivity index (χ0n) is 7.98. The molecule has 0 radical (unpaired) electrons. The molecule has 1 atom stereocenters. The molecule has 0 fully saturated rings. The van der Waals surface area contributed by atoms with Crippen molar-refractivity contribution in [1.82, 2.24) is 4.98 Å². The van der Waals surface area contributed by atoms with Crippen LogP contribution in [-0.2, 0) is 4.79 Å². The highest BCUT2D eigenvalue weighted by Crippen LogP contribution is 2.14. The van der Waals surface area contributed by atoms with Crippen molar-refractivity contribution in [2.24, 2.45) is 0 Å². The van der Waals surface area contributed by atoms with Gasteiger partial charge in [0.2, 0.25) is 0 Å². The Labute approximate surface area is 94.8 Å². The molecule has 5 nitrogen and oxygen atoms in total. The molecule has 1 aromatic rings. The van der Waals surface area contributed by atoms with E-state index < -0.39 is 11.6 Å². The highest BCUT2D eigenvalue weighted by atomic mass is 79.9. The summed E-state index contributed by atoms with van der Waals surface area (Å²) >= 11 is 3.15. The van der Waals surface area contributed by atoms with Crippen LogP contribution in [0, 0.1) is 0 Å². The third-order valence-corrected chi connectivity index (χ3v) is 2.15. The number of ether oxygens (including phenoxy) is 1. The summed E-state index contributed by atoms with van der Waals surface area (Å²) in [6.45, 7) is 0.841. The third kappa shape index (κ3) is 3.49. The van der Waals surface area contributed by atoms with Crippen molar-refractivity contribution in [1.29, 1.82) is 0 Å². The zero-order chi connectivity index (χ0) is 11.5. The lowest BCUT2D eigenvalue weighted by molar-refractivity contribution is -0.159. The Morgan fingerprint density at radius 2 is 2.33 bits per heavy atom. The number of aliphatic carboxylic acids is 1. The van der Waals surface area contributed by atoms with Crippen LogP contribution in [-0.4, -0.2) is 33.4 Å². The molecular weight excluding hydrogens is 266 g/mol. The van der Waals surface area contributed by atoms with Gasteiger partial charge in [0.15, 0.2) is 5.60 Å². The van der Waals surface area contributed by atoms with Crippen LogP contribution in [0.1, 0.15) is 6.92 Å². The van der Waals surface area contributed by atoms with E-state index in [-0.39, 0.29) is 6.61 Å². The molecule has 0 bridgehead atoms. The molecule has 2 N–H and O–H groups in total. The first-order valence-corrected chi connectivity index (χ1v) is 4.91. The van der Waals surface area contributed by atoms with E-state index in [4.69, 9.17) is 9.84 Å². The maximum absolute atomic E-state index is 10.5. The van der Waals surface area contributed by atoms with Crippen molar-refractivity contribution in [2.75, 3.05) is 6.61 Å². The monoisotopic (exact) mass is 275 g/mol. The van der Waals surface area contributed by atoms with Gasteiger partial charge in [0.1, 0.15) is 17.0 Å². The Kier molecular flexibility index (Phi) is 3.65. The van der Waals surface area contributed by atoms with Crippen molar-refractivity contribution in [2.45, 2.75) is 12.5 Å². The fourth-order valence-corrected chi connectivity index (χ4v) is 0.968. The minimum absolute atomic E-state index is 0.328. The molecule has 1 rings (SSSR count). The van der Waals surface area contributed by atoms with Gasteiger partial charge in [0.25, 0.3) is 0 Å². The molecule has 0 aliphatic rings. The first kappa shape index (κ1) is 11.9. The van der Waals surface area contributed by atoms with E-state index in [0.29, 0.717) is 10.4 Å². The second-order valence-electron chi connectivity index (χ2n) is 3.18. The minimum atomic E-state index is -1.90. The minimum Gasteiger partial charge on any atom is -0.488 e. The molecule has 1 heterocycles. The Hall–Kier alpha value is -1.14. The molecule has 0 saturated heterocycles. The van der Waals surface area contributed by atoms with Crippen molar-refractivity contribution in [3.63, 3.8) is 0 Å². The zero-order valence-corrected chi connectivity index (χ0v) is 9.56. The predicted molar refractivity (Wildman–Crippen MR) is 55.7 cm³/mol. The number of nitrogens with zero attached hydrogens (tertiary/aromatic N) is 1. The predicted octanol–water partition coefficient (Wildman–Crippen LogP) is 1.06. The quantitative estimate of drug-likeness (QED) is 0.804. The van der Waals surface area contributed by atoms with E-state index in [9.17, 15) is 9.90 Å². The average Bonchev–Trinajstić information content (AvgIpc) is 2.17. The van der Waals surface area contributed by atoms with Crippen molar-refractivity contribution < 1.29 is 19.7 Å². The largest absolute Gasteiger partial charge is 0.488 e. The second kappa shape index (κ2) is 4.59. The van der Waals surface area contributed by atoms with E-state index in [2.05, 4.69) is 20.9 Å². The topological polar surface area (TPSA) is 79.7 Å². The summed E-state index contributed by atoms with van der Waals surface area (Å²) in [4.78, 5) is 14.4. The van der Waals surface area contributed by atoms with Gasteiger partial charge in [-0.25, -0.2) is 9.78 Å². The highest BCUT2D eigenvalue weighted by Gasteiger charge is 2.30. The lowest BCUT2D eigenvalue weighted by Gasteiger charge is -2.17. The number of carboxylic acids is 1. The van der Waals surface area contributed by atoms with Gasteiger partial charge in [-0.15, -0.1) is 0 Å². The average molecular weight is 276 g/mol. The maximum atomic E-state index is 10.5. The van der Waals surface area contributed by atoms with Crippen LogP contribution in [0.5, 0.6) is 5.75 Å². The Bertz CT molecular complexity index is 350. The summed E-state index contributed by atoms with van der Waals surface area (Å²) in [5.74, 6) is -0.924. The first-order valence-electron chi connectivity index (χ1n) is 4.12. The van der Waals surface area contributed by atoms with Crippen LogP contribution in [0.4, 0.5) is 0 Å². The molecular formula is C9H10BrNO4. The van der Waals surface area contributed by atoms with E-state index in [1.807, 2.05) is 0 Å². The van der Waals surface area contributed by atoms with Gasteiger partial charge in [0.05, 0.1) is 6.20 Å². The molecule has 0 amide bonds. The van der Waals surface area contributed by atoms with E-state index in [0.717, 1.165) is 0 Å². The van der Waals surface area contributed by atoms with Gasteiger partial charge in [0, 0.05) is 0 Å². The van der Waals surface area contributed by atoms with Crippen LogP contribution in [0.25, 0.3) is 0 Å². The number of hydrogen-bond acceptors (Lipinski definition) is 4. The molecule has 0 aliphatic heterocycles. The lowest BCUT2D eigenvalue weighted by atomic mass is 10.1. The summed E-state index contributed by atoms with van der Waals surface area (Å²) in [7, 11) is 0. The summed E-state index contributed by atoms with van der Waals surface area (Å²) in [6.07, 6.45) is 1.43. The van der Waals surface area contributed by atoms with Crippen LogP contribution < -0.4 is 4.74 Å². The number of aromatic nitrogens is 1. The molecule has 0 unspecified atom stereocenters. The van der Waals surface area contributed by atoms with Gasteiger partial charge >= 0.3 is 5.97 Å². The Morgan fingerprint density at radius 1 is 1.67 bits per heavy atom. The smallest absolute Gasteiger partial charge is 0.339 e. The number of rotatable bonds is 4. The van der Waals surface area contributed by atoms with Gasteiger partial charge in [-0.3, -0.25) is 0 Å². The normalized spacial score (nSPS) is 14.3. The highest BCUT2D eigenvalue weighted by molar-refractivity contribution is 9.10. The Morgan fingerprint density at radius 3 is 2.80 bits per heavy atom. The van der Waals surface area contributed by atoms with Crippen LogP contribution in [0.2, 0.25) is 0 Å². The van der Waals surface area contributed by atoms with E-state index in [1.165, 1.54) is 13.1 Å². The second-order valence-corrected chi connectivity index (χ2v) is 4.00. The summed E-state index contributed by atoms with van der Waals surface area (Å²) in [5.41, 5.74) is -1.90. The SMILES string of the molecule is C[C@](O)(COc1ccc(Br)nc1)C(=O)O. The molecule has 82 valence electrons. The first-order chi connectivity index (χ1) is 6.92. The van der Waals surface area contributed by atoms with Crippen molar-refractivity contribution in [3.05, 3.63) is 22.9 Å². The molecule has 1 aromatic heterocycles. The molecule has 6 heteroatoms. The van der Waals surface area contributed by atoms with Crippen molar-refractivity contribution in [3.8, 4) is 5.75 Å². The molecule has 0 saturated carbocycles. The van der Waals surface area contributed by atoms with E-state index in [1.54, 1.807) is 12.1 Å². The number of aliphatic hydroxyl groups is 1. The summed E-state index contributed by atoms with van der Waals surface area (Å²) in [5, 5.41) is 18.0. The van der Waals surface area contributed by atoms with Gasteiger partial charge in [-0.1, -0.05) is 0 Å². The van der Waals surface area contributed by atoms with Gasteiger partial charge < -0.3 is 14.9 Å². The molecule has 15 heavy (non-hydrogen) atoms. The fraction of sp³-hybridized carbons (Fsp3) is 0.333. The van der Waals surface area contributed by atoms with Gasteiger partial charge in [-0.2, -0.15) is 0 Å². The van der Waals surface area contributed by atoms with Gasteiger partial charge in [-0.05, 0) is 35.0 Å². The number of pyridine rings is 1. The van der Waals surface area contributed by atoms with Crippen LogP contribution in [0.3, 0.4) is 0 Å². The maximum Gasteiger partial charge on any atom is 0.339 e. The Balaban J connectivity index is 2.57. The third-order valence-electron chi connectivity index (χ3n) is 1.68. The summed E-state index contributed by atoms with van der Waals surface area (Å²) in [6, 6.07) is 3.28. The lowest BCUT2D eigenvalue weighted by Crippen LogP contribution is -2.41. The van der Waals surface area contributed by atoms with E-state index >= 15 is 0 Å². The van der Waals surface area contributed by atoms with Crippen LogP contribution in [0.15, 0.2) is 22.9 Å². The standard InChI is InChI=1S/C9H10BrNO4/c1-9(14,8(12)13)5-15-6-2-3-7(10)11-4-6/h2-4,14H,5H2,1H3,(H,12,13)/t9-/m0/s1. The molecule has 0 aliphatic carbocycles. The summed E-state index contributed by atoms with van der Waals surface area (Å²) < 4.78 is 5.73. The number of carbonyl (C=O) groups is 1. The number of carboxylic acid groups (broad SMARTS) is 1. The number of halogens is 1. The molecule has 0 spiro atoms. The number of hydrogen-bond donors (Lipinski definition) is 2. The fourth-order valence-electron chi connectivity index (χ4n) is 0.733.